The van der Waals surface area contributed by atoms with Crippen LogP contribution in [-0.4, -0.2) is 21.3 Å². The van der Waals surface area contributed by atoms with Crippen LogP contribution in [0, 0.1) is 5.41 Å². The van der Waals surface area contributed by atoms with Crippen molar-refractivity contribution in [2.24, 2.45) is 5.41 Å². The van der Waals surface area contributed by atoms with Gasteiger partial charge in [0, 0.05) is 17.7 Å². The van der Waals surface area contributed by atoms with Gasteiger partial charge in [-0.3, -0.25) is 4.79 Å². The van der Waals surface area contributed by atoms with Crippen LogP contribution in [0.2, 0.25) is 0 Å². The zero-order valence-electron chi connectivity index (χ0n) is 12.3. The number of carbonyl (C=O) groups is 1. The summed E-state index contributed by atoms with van der Waals surface area (Å²) in [6, 6.07) is 4.17. The third-order valence-electron chi connectivity index (χ3n) is 3.16. The van der Waals surface area contributed by atoms with Crippen molar-refractivity contribution in [3.63, 3.8) is 0 Å². The van der Waals surface area contributed by atoms with Gasteiger partial charge in [-0.1, -0.05) is 19.9 Å². The van der Waals surface area contributed by atoms with Crippen molar-refractivity contribution in [2.45, 2.75) is 46.0 Å². The monoisotopic (exact) mass is 308 g/mol. The molecule has 0 bridgehead atoms. The van der Waals surface area contributed by atoms with E-state index in [1.165, 1.54) is 4.88 Å². The maximum atomic E-state index is 10.8. The van der Waals surface area contributed by atoms with Crippen LogP contribution in [0.15, 0.2) is 21.9 Å². The molecule has 0 aliphatic carbocycles. The third-order valence-corrected chi connectivity index (χ3v) is 4.10. The summed E-state index contributed by atoms with van der Waals surface area (Å²) in [7, 11) is 0. The van der Waals surface area contributed by atoms with Crippen LogP contribution in [0.3, 0.4) is 0 Å². The summed E-state index contributed by atoms with van der Waals surface area (Å²) in [5.74, 6) is 0.343. The second-order valence-corrected chi connectivity index (χ2v) is 6.97. The molecule has 0 amide bonds. The lowest BCUT2D eigenvalue weighted by atomic mass is 9.86. The van der Waals surface area contributed by atoms with Gasteiger partial charge >= 0.3 is 5.97 Å². The van der Waals surface area contributed by atoms with E-state index in [1.54, 1.807) is 11.3 Å². The van der Waals surface area contributed by atoms with Gasteiger partial charge in [0.2, 0.25) is 11.8 Å². The number of thiophene rings is 1. The van der Waals surface area contributed by atoms with E-state index in [9.17, 15) is 4.79 Å². The minimum atomic E-state index is -0.810. The number of carboxylic acids is 1. The fourth-order valence-electron chi connectivity index (χ4n) is 2.21. The molecule has 0 saturated carbocycles. The molecule has 0 unspecified atom stereocenters. The average molecular weight is 308 g/mol. The summed E-state index contributed by atoms with van der Waals surface area (Å²) < 4.78 is 5.61. The first kappa shape index (κ1) is 15.7. The number of carboxylic acid groups (broad SMARTS) is 1. The first-order valence-electron chi connectivity index (χ1n) is 7.00. The molecule has 2 aromatic heterocycles. The Morgan fingerprint density at radius 2 is 2.10 bits per heavy atom. The highest BCUT2D eigenvalue weighted by atomic mass is 32.1. The maximum Gasteiger partial charge on any atom is 0.303 e. The minimum absolute atomic E-state index is 0.0864. The zero-order chi connectivity index (χ0) is 15.3. The van der Waals surface area contributed by atoms with E-state index >= 15 is 0 Å². The van der Waals surface area contributed by atoms with Gasteiger partial charge in [-0.25, -0.2) is 0 Å². The molecule has 114 valence electrons. The number of aromatic nitrogens is 2. The fourth-order valence-corrected chi connectivity index (χ4v) is 2.96. The topological polar surface area (TPSA) is 76.2 Å². The quantitative estimate of drug-likeness (QED) is 0.809. The Labute approximate surface area is 128 Å². The summed E-state index contributed by atoms with van der Waals surface area (Å²) in [6.45, 7) is 3.78. The van der Waals surface area contributed by atoms with Gasteiger partial charge < -0.3 is 9.52 Å². The molecule has 0 aliphatic heterocycles. The molecule has 0 aromatic carbocycles. The Morgan fingerprint density at radius 1 is 1.33 bits per heavy atom. The van der Waals surface area contributed by atoms with Gasteiger partial charge in [-0.15, -0.1) is 21.5 Å². The van der Waals surface area contributed by atoms with Crippen molar-refractivity contribution < 1.29 is 14.3 Å². The number of nitrogens with zero attached hydrogens (tertiary/aromatic N) is 2. The summed E-state index contributed by atoms with van der Waals surface area (Å²) in [6.07, 6.45) is 3.31. The second-order valence-electron chi connectivity index (χ2n) is 5.93. The van der Waals surface area contributed by atoms with Gasteiger partial charge in [0.1, 0.15) is 0 Å². The lowest BCUT2D eigenvalue weighted by Crippen LogP contribution is -2.19. The summed E-state index contributed by atoms with van der Waals surface area (Å²) in [4.78, 5) is 12.2. The number of aryl methyl sites for hydroxylation is 2. The molecule has 6 heteroatoms. The van der Waals surface area contributed by atoms with Crippen molar-refractivity contribution in [1.29, 1.82) is 0 Å². The predicted molar refractivity (Wildman–Crippen MR) is 80.4 cm³/mol. The minimum Gasteiger partial charge on any atom is -0.481 e. The van der Waals surface area contributed by atoms with E-state index in [0.29, 0.717) is 18.2 Å². The normalized spacial score (nSPS) is 11.7. The first-order chi connectivity index (χ1) is 9.94. The number of hydrogen-bond acceptors (Lipinski definition) is 5. The van der Waals surface area contributed by atoms with Crippen LogP contribution >= 0.6 is 11.3 Å². The van der Waals surface area contributed by atoms with Gasteiger partial charge in [0.15, 0.2) is 0 Å². The Balaban J connectivity index is 1.82. The molecular weight excluding hydrogens is 288 g/mol. The van der Waals surface area contributed by atoms with Crippen LogP contribution < -0.4 is 0 Å². The van der Waals surface area contributed by atoms with E-state index in [1.807, 2.05) is 13.8 Å². The fraction of sp³-hybridized carbons (Fsp3) is 0.533. The highest BCUT2D eigenvalue weighted by Crippen LogP contribution is 2.25. The smallest absolute Gasteiger partial charge is 0.303 e. The van der Waals surface area contributed by atoms with Gasteiger partial charge in [0.05, 0.1) is 6.42 Å². The molecule has 1 N–H and O–H groups in total. The van der Waals surface area contributed by atoms with Crippen molar-refractivity contribution >= 4 is 17.3 Å². The van der Waals surface area contributed by atoms with Crippen molar-refractivity contribution in [3.05, 3.63) is 34.2 Å². The Bertz CT molecular complexity index is 576. The Hall–Kier alpha value is -1.69. The van der Waals surface area contributed by atoms with E-state index in [0.717, 1.165) is 19.3 Å². The van der Waals surface area contributed by atoms with Crippen LogP contribution in [0.25, 0.3) is 0 Å². The molecule has 0 spiro atoms. The molecule has 2 heterocycles. The predicted octanol–water partition coefficient (Wildman–Crippen LogP) is 3.35. The molecule has 21 heavy (non-hydrogen) atoms. The largest absolute Gasteiger partial charge is 0.481 e. The molecule has 0 radical (unpaired) electrons. The molecule has 0 saturated heterocycles. The molecule has 0 atom stereocenters. The van der Waals surface area contributed by atoms with Crippen LogP contribution in [0.1, 0.15) is 43.3 Å². The molecule has 5 nitrogen and oxygen atoms in total. The molecule has 0 fully saturated rings. The molecule has 2 aromatic rings. The van der Waals surface area contributed by atoms with E-state index in [4.69, 9.17) is 9.52 Å². The zero-order valence-corrected chi connectivity index (χ0v) is 13.2. The number of aliphatic carboxylic acids is 1. The van der Waals surface area contributed by atoms with Crippen LogP contribution in [0.4, 0.5) is 0 Å². The lowest BCUT2D eigenvalue weighted by molar-refractivity contribution is -0.139. The number of hydrogen-bond donors (Lipinski definition) is 1. The van der Waals surface area contributed by atoms with E-state index in [2.05, 4.69) is 27.7 Å². The first-order valence-corrected chi connectivity index (χ1v) is 7.88. The lowest BCUT2D eigenvalue weighted by Gasteiger charge is -2.19. The van der Waals surface area contributed by atoms with Crippen molar-refractivity contribution in [3.8, 4) is 0 Å². The van der Waals surface area contributed by atoms with Gasteiger partial charge in [-0.05, 0) is 29.7 Å². The highest BCUT2D eigenvalue weighted by Gasteiger charge is 2.25. The summed E-state index contributed by atoms with van der Waals surface area (Å²) in [5.41, 5.74) is -0.382. The summed E-state index contributed by atoms with van der Waals surface area (Å²) >= 11 is 1.75. The molecule has 2 rings (SSSR count). The van der Waals surface area contributed by atoms with E-state index < -0.39 is 5.97 Å². The summed E-state index contributed by atoms with van der Waals surface area (Å²) in [5, 5.41) is 19.0. The molecule has 0 aliphatic rings. The van der Waals surface area contributed by atoms with Crippen molar-refractivity contribution in [2.75, 3.05) is 0 Å². The highest BCUT2D eigenvalue weighted by molar-refractivity contribution is 7.09. The van der Waals surface area contributed by atoms with Crippen LogP contribution in [0.5, 0.6) is 0 Å². The van der Waals surface area contributed by atoms with Crippen LogP contribution in [-0.2, 0) is 24.1 Å². The average Bonchev–Trinajstić information content (AvgIpc) is 2.99. The Morgan fingerprint density at radius 3 is 2.76 bits per heavy atom. The molecular formula is C15H20N2O3S. The maximum absolute atomic E-state index is 10.8. The second kappa shape index (κ2) is 6.85. The van der Waals surface area contributed by atoms with E-state index in [-0.39, 0.29) is 11.8 Å². The van der Waals surface area contributed by atoms with Gasteiger partial charge in [0.25, 0.3) is 0 Å². The third kappa shape index (κ3) is 5.30. The standard InChI is InChI=1S/C15H20N2O3S/c1-15(2,10-14(18)19)9-13-17-16-12(20-13)7-3-5-11-6-4-8-21-11/h4,6,8H,3,5,7,9-10H2,1-2H3,(H,18,19). The van der Waals surface area contributed by atoms with Gasteiger partial charge in [-0.2, -0.15) is 0 Å². The number of rotatable bonds is 8. The van der Waals surface area contributed by atoms with Crippen molar-refractivity contribution in [1.82, 2.24) is 10.2 Å². The Kier molecular flexibility index (Phi) is 5.12. The SMILES string of the molecule is CC(C)(CC(=O)O)Cc1nnc(CCCc2cccs2)o1.